The summed E-state index contributed by atoms with van der Waals surface area (Å²) >= 11 is 0. The molecule has 2 aromatic carbocycles. The highest BCUT2D eigenvalue weighted by molar-refractivity contribution is 5.96. The number of carbonyl (C=O) groups excluding carboxylic acids is 2. The zero-order valence-electron chi connectivity index (χ0n) is 16.6. The van der Waals surface area contributed by atoms with Crippen LogP contribution in [0, 0.1) is 24.0 Å². The predicted octanol–water partition coefficient (Wildman–Crippen LogP) is 2.29. The van der Waals surface area contributed by atoms with Gasteiger partial charge in [0.15, 0.2) is 0 Å². The highest BCUT2D eigenvalue weighted by atomic mass is 16.6. The van der Waals surface area contributed by atoms with E-state index in [1.807, 2.05) is 36.9 Å². The molecular formula is C21H24N4O4. The zero-order chi connectivity index (χ0) is 21.0. The number of carbonyl (C=O) groups is 2. The van der Waals surface area contributed by atoms with E-state index in [1.54, 1.807) is 23.1 Å². The van der Waals surface area contributed by atoms with Gasteiger partial charge in [-0.3, -0.25) is 19.7 Å². The Bertz CT molecular complexity index is 936. The Morgan fingerprint density at radius 1 is 1.03 bits per heavy atom. The Labute approximate surface area is 169 Å². The lowest BCUT2D eigenvalue weighted by atomic mass is 10.1. The standard InChI is InChI=1S/C21H24N4O4/c1-15-6-7-17(12-16(15)2)21(27)22-14-20(26)24-10-8-23(9-11-24)18-4-3-5-19(13-18)25(28)29/h3-7,12-13H,8-11,14H2,1-2H3,(H,22,27). The molecule has 0 bridgehead atoms. The lowest BCUT2D eigenvalue weighted by Gasteiger charge is -2.36. The molecule has 29 heavy (non-hydrogen) atoms. The van der Waals surface area contributed by atoms with Crippen molar-refractivity contribution >= 4 is 23.2 Å². The minimum absolute atomic E-state index is 0.0510. The number of hydrogen-bond acceptors (Lipinski definition) is 5. The van der Waals surface area contributed by atoms with Crippen LogP contribution in [0.15, 0.2) is 42.5 Å². The number of rotatable bonds is 5. The molecule has 2 aromatic rings. The van der Waals surface area contributed by atoms with E-state index >= 15 is 0 Å². The summed E-state index contributed by atoms with van der Waals surface area (Å²) in [5.74, 6) is -0.405. The van der Waals surface area contributed by atoms with Crippen molar-refractivity contribution in [2.24, 2.45) is 0 Å². The Balaban J connectivity index is 1.51. The third kappa shape index (κ3) is 4.90. The molecule has 8 heteroatoms. The molecule has 1 aliphatic rings. The minimum Gasteiger partial charge on any atom is -0.368 e. The van der Waals surface area contributed by atoms with E-state index in [0.29, 0.717) is 31.7 Å². The first kappa shape index (κ1) is 20.3. The van der Waals surface area contributed by atoms with Crippen molar-refractivity contribution in [3.8, 4) is 0 Å². The largest absolute Gasteiger partial charge is 0.368 e. The van der Waals surface area contributed by atoms with Gasteiger partial charge in [-0.1, -0.05) is 12.1 Å². The summed E-state index contributed by atoms with van der Waals surface area (Å²) in [7, 11) is 0. The third-order valence-corrected chi connectivity index (χ3v) is 5.21. The lowest BCUT2D eigenvalue weighted by Crippen LogP contribution is -2.51. The fourth-order valence-electron chi connectivity index (χ4n) is 3.27. The Morgan fingerprint density at radius 3 is 2.41 bits per heavy atom. The molecule has 1 fully saturated rings. The van der Waals surface area contributed by atoms with Crippen LogP contribution >= 0.6 is 0 Å². The summed E-state index contributed by atoms with van der Waals surface area (Å²) in [6, 6.07) is 11.9. The summed E-state index contributed by atoms with van der Waals surface area (Å²) in [5, 5.41) is 13.6. The number of hydrogen-bond donors (Lipinski definition) is 1. The van der Waals surface area contributed by atoms with Crippen molar-refractivity contribution in [1.29, 1.82) is 0 Å². The van der Waals surface area contributed by atoms with Gasteiger partial charge in [-0.05, 0) is 43.2 Å². The predicted molar refractivity (Wildman–Crippen MR) is 110 cm³/mol. The van der Waals surface area contributed by atoms with Crippen molar-refractivity contribution in [3.05, 3.63) is 69.3 Å². The molecule has 152 valence electrons. The lowest BCUT2D eigenvalue weighted by molar-refractivity contribution is -0.384. The van der Waals surface area contributed by atoms with Gasteiger partial charge < -0.3 is 15.1 Å². The summed E-state index contributed by atoms with van der Waals surface area (Å²) in [4.78, 5) is 39.0. The second-order valence-electron chi connectivity index (χ2n) is 7.13. The average Bonchev–Trinajstić information content (AvgIpc) is 2.74. The van der Waals surface area contributed by atoms with Gasteiger partial charge in [0.2, 0.25) is 5.91 Å². The Morgan fingerprint density at radius 2 is 1.76 bits per heavy atom. The maximum absolute atomic E-state index is 12.4. The molecule has 8 nitrogen and oxygen atoms in total. The molecular weight excluding hydrogens is 372 g/mol. The SMILES string of the molecule is Cc1ccc(C(=O)NCC(=O)N2CCN(c3cccc([N+](=O)[O-])c3)CC2)cc1C. The van der Waals surface area contributed by atoms with Crippen LogP contribution in [0.1, 0.15) is 21.5 Å². The molecule has 0 atom stereocenters. The molecule has 0 radical (unpaired) electrons. The number of nitrogens with one attached hydrogen (secondary N) is 1. The number of piperazine rings is 1. The highest BCUT2D eigenvalue weighted by Crippen LogP contribution is 2.22. The fourth-order valence-corrected chi connectivity index (χ4v) is 3.27. The van der Waals surface area contributed by atoms with E-state index in [0.717, 1.165) is 16.8 Å². The molecule has 0 saturated carbocycles. The van der Waals surface area contributed by atoms with Crippen LogP contribution in [-0.2, 0) is 4.79 Å². The van der Waals surface area contributed by atoms with Gasteiger partial charge in [0.25, 0.3) is 11.6 Å². The van der Waals surface area contributed by atoms with Crippen molar-refractivity contribution in [2.75, 3.05) is 37.6 Å². The topological polar surface area (TPSA) is 95.8 Å². The monoisotopic (exact) mass is 396 g/mol. The third-order valence-electron chi connectivity index (χ3n) is 5.21. The van der Waals surface area contributed by atoms with Crippen LogP contribution in [0.4, 0.5) is 11.4 Å². The Hall–Kier alpha value is -3.42. The minimum atomic E-state index is -0.415. The van der Waals surface area contributed by atoms with Crippen LogP contribution < -0.4 is 10.2 Å². The van der Waals surface area contributed by atoms with E-state index < -0.39 is 4.92 Å². The first-order valence-corrected chi connectivity index (χ1v) is 9.48. The van der Waals surface area contributed by atoms with Gasteiger partial charge in [-0.15, -0.1) is 0 Å². The second kappa shape index (κ2) is 8.72. The van der Waals surface area contributed by atoms with Gasteiger partial charge >= 0.3 is 0 Å². The number of amides is 2. The molecule has 1 N–H and O–H groups in total. The van der Waals surface area contributed by atoms with E-state index in [4.69, 9.17) is 0 Å². The molecule has 1 saturated heterocycles. The first-order valence-electron chi connectivity index (χ1n) is 9.48. The fraction of sp³-hybridized carbons (Fsp3) is 0.333. The summed E-state index contributed by atoms with van der Waals surface area (Å²) in [6.07, 6.45) is 0. The van der Waals surface area contributed by atoms with Gasteiger partial charge in [-0.25, -0.2) is 0 Å². The van der Waals surface area contributed by atoms with Crippen molar-refractivity contribution < 1.29 is 14.5 Å². The zero-order valence-corrected chi connectivity index (χ0v) is 16.6. The molecule has 0 aliphatic carbocycles. The summed E-state index contributed by atoms with van der Waals surface area (Å²) in [6.45, 7) is 6.03. The van der Waals surface area contributed by atoms with Gasteiger partial charge in [-0.2, -0.15) is 0 Å². The number of nitro groups is 1. The average molecular weight is 396 g/mol. The number of benzene rings is 2. The Kier molecular flexibility index (Phi) is 6.11. The van der Waals surface area contributed by atoms with Crippen molar-refractivity contribution in [3.63, 3.8) is 0 Å². The van der Waals surface area contributed by atoms with E-state index in [1.165, 1.54) is 6.07 Å². The normalized spacial score (nSPS) is 13.9. The van der Waals surface area contributed by atoms with E-state index in [2.05, 4.69) is 5.32 Å². The molecule has 1 aliphatic heterocycles. The molecule has 3 rings (SSSR count). The smallest absolute Gasteiger partial charge is 0.271 e. The molecule has 2 amide bonds. The van der Waals surface area contributed by atoms with Crippen LogP contribution in [0.3, 0.4) is 0 Å². The number of non-ortho nitro benzene ring substituents is 1. The molecule has 0 spiro atoms. The molecule has 0 unspecified atom stereocenters. The number of nitrogens with zero attached hydrogens (tertiary/aromatic N) is 3. The summed E-state index contributed by atoms with van der Waals surface area (Å²) in [5.41, 5.74) is 3.50. The molecule has 0 aromatic heterocycles. The highest BCUT2D eigenvalue weighted by Gasteiger charge is 2.22. The van der Waals surface area contributed by atoms with Gasteiger partial charge in [0, 0.05) is 49.6 Å². The van der Waals surface area contributed by atoms with E-state index in [9.17, 15) is 19.7 Å². The maximum Gasteiger partial charge on any atom is 0.271 e. The second-order valence-corrected chi connectivity index (χ2v) is 7.13. The number of aryl methyl sites for hydroxylation is 2. The van der Waals surface area contributed by atoms with Gasteiger partial charge in [0.05, 0.1) is 11.5 Å². The van der Waals surface area contributed by atoms with Crippen LogP contribution in [0.5, 0.6) is 0 Å². The number of anilines is 1. The summed E-state index contributed by atoms with van der Waals surface area (Å²) < 4.78 is 0. The number of nitro benzene ring substituents is 1. The van der Waals surface area contributed by atoms with Crippen molar-refractivity contribution in [2.45, 2.75) is 13.8 Å². The first-order chi connectivity index (χ1) is 13.8. The quantitative estimate of drug-likeness (QED) is 0.618. The maximum atomic E-state index is 12.4. The van der Waals surface area contributed by atoms with Crippen LogP contribution in [0.25, 0.3) is 0 Å². The van der Waals surface area contributed by atoms with Crippen LogP contribution in [0.2, 0.25) is 0 Å². The molecule has 1 heterocycles. The van der Waals surface area contributed by atoms with Crippen LogP contribution in [-0.4, -0.2) is 54.4 Å². The van der Waals surface area contributed by atoms with E-state index in [-0.39, 0.29) is 24.0 Å². The van der Waals surface area contributed by atoms with Crippen molar-refractivity contribution in [1.82, 2.24) is 10.2 Å². The van der Waals surface area contributed by atoms with Gasteiger partial charge in [0.1, 0.15) is 0 Å².